The number of para-hydroxylation sites is 1. The Bertz CT molecular complexity index is 2710. The summed E-state index contributed by atoms with van der Waals surface area (Å²) in [5.41, 5.74) is 11.0. The zero-order valence-electron chi connectivity index (χ0n) is 29.1. The van der Waals surface area contributed by atoms with E-state index in [1.165, 1.54) is 16.7 Å². The average molecular weight is 685 g/mol. The van der Waals surface area contributed by atoms with E-state index in [0.717, 1.165) is 50.4 Å². The minimum atomic E-state index is -0.153. The molecule has 53 heavy (non-hydrogen) atoms. The zero-order valence-corrected chi connectivity index (χ0v) is 29.1. The van der Waals surface area contributed by atoms with Crippen LogP contribution in [0.25, 0.3) is 67.7 Å². The monoisotopic (exact) mass is 684 g/mol. The van der Waals surface area contributed by atoms with Gasteiger partial charge in [-0.1, -0.05) is 129 Å². The number of hydrogen-bond donors (Lipinski definition) is 0. The first kappa shape index (κ1) is 30.9. The van der Waals surface area contributed by atoms with Crippen LogP contribution in [-0.4, -0.2) is 19.9 Å². The Morgan fingerprint density at radius 3 is 1.81 bits per heavy atom. The lowest BCUT2D eigenvalue weighted by Crippen LogP contribution is -2.15. The Morgan fingerprint density at radius 2 is 1.04 bits per heavy atom. The van der Waals surface area contributed by atoms with Gasteiger partial charge in [-0.2, -0.15) is 0 Å². The minimum Gasteiger partial charge on any atom is -0.449 e. The first-order valence-electron chi connectivity index (χ1n) is 17.7. The van der Waals surface area contributed by atoms with Crippen LogP contribution < -0.4 is 9.47 Å². The third-order valence-corrected chi connectivity index (χ3v) is 10.2. The van der Waals surface area contributed by atoms with Gasteiger partial charge >= 0.3 is 0 Å². The normalized spacial score (nSPS) is 13.2. The van der Waals surface area contributed by atoms with Gasteiger partial charge in [-0.25, -0.2) is 15.0 Å². The van der Waals surface area contributed by atoms with Crippen molar-refractivity contribution in [3.05, 3.63) is 169 Å². The Kier molecular flexibility index (Phi) is 7.05. The first-order valence-corrected chi connectivity index (χ1v) is 17.7. The molecule has 0 saturated carbocycles. The van der Waals surface area contributed by atoms with Crippen LogP contribution in [0, 0.1) is 0 Å². The largest absolute Gasteiger partial charge is 0.449 e. The molecule has 8 aromatic rings. The number of ether oxygens (including phenoxy) is 2. The Morgan fingerprint density at radius 1 is 0.434 bits per heavy atom. The van der Waals surface area contributed by atoms with Gasteiger partial charge in [0.05, 0.1) is 5.69 Å². The summed E-state index contributed by atoms with van der Waals surface area (Å²) in [5, 5.41) is 0. The Labute approximate surface area is 307 Å². The minimum absolute atomic E-state index is 0.153. The summed E-state index contributed by atoms with van der Waals surface area (Å²) in [6.45, 7) is 4.54. The van der Waals surface area contributed by atoms with E-state index in [-0.39, 0.29) is 5.41 Å². The lowest BCUT2D eigenvalue weighted by atomic mass is 9.82. The summed E-state index contributed by atoms with van der Waals surface area (Å²) in [4.78, 5) is 19.6. The van der Waals surface area contributed by atoms with E-state index >= 15 is 0 Å². The van der Waals surface area contributed by atoms with Crippen molar-refractivity contribution in [1.29, 1.82) is 0 Å². The Hall–Kier alpha value is -6.92. The molecule has 1 aliphatic heterocycles. The van der Waals surface area contributed by atoms with Gasteiger partial charge in [-0.3, -0.25) is 4.98 Å². The summed E-state index contributed by atoms with van der Waals surface area (Å²) in [6, 6.07) is 51.2. The molecule has 0 bridgehead atoms. The third-order valence-electron chi connectivity index (χ3n) is 10.2. The summed E-state index contributed by atoms with van der Waals surface area (Å²) < 4.78 is 13.5. The number of benzene rings is 6. The summed E-state index contributed by atoms with van der Waals surface area (Å²) in [6.07, 6.45) is 1.80. The van der Waals surface area contributed by atoms with Gasteiger partial charge in [-0.15, -0.1) is 0 Å². The molecule has 0 saturated heterocycles. The van der Waals surface area contributed by atoms with E-state index in [1.54, 1.807) is 6.20 Å². The van der Waals surface area contributed by atoms with Crippen LogP contribution in [0.2, 0.25) is 0 Å². The van der Waals surface area contributed by atoms with E-state index in [4.69, 9.17) is 24.4 Å². The molecule has 0 unspecified atom stereocenters. The molecule has 6 heteroatoms. The lowest BCUT2D eigenvalue weighted by molar-refractivity contribution is 0.361. The molecular weight excluding hydrogens is 653 g/mol. The predicted molar refractivity (Wildman–Crippen MR) is 209 cm³/mol. The summed E-state index contributed by atoms with van der Waals surface area (Å²) in [5.74, 6) is 4.57. The highest BCUT2D eigenvalue weighted by Crippen LogP contribution is 2.59. The molecule has 0 radical (unpaired) electrons. The van der Waals surface area contributed by atoms with Crippen molar-refractivity contribution in [2.75, 3.05) is 0 Å². The molecule has 252 valence electrons. The van der Waals surface area contributed by atoms with Gasteiger partial charge in [-0.05, 0) is 58.7 Å². The fourth-order valence-corrected chi connectivity index (χ4v) is 7.60. The number of nitrogens with zero attached hydrogens (tertiary/aromatic N) is 4. The van der Waals surface area contributed by atoms with Crippen LogP contribution in [0.4, 0.5) is 0 Å². The van der Waals surface area contributed by atoms with Gasteiger partial charge in [0.1, 0.15) is 0 Å². The van der Waals surface area contributed by atoms with Crippen molar-refractivity contribution in [1.82, 2.24) is 19.9 Å². The molecule has 3 heterocycles. The fourth-order valence-electron chi connectivity index (χ4n) is 7.60. The predicted octanol–water partition coefficient (Wildman–Crippen LogP) is 11.8. The van der Waals surface area contributed by atoms with Gasteiger partial charge in [0.25, 0.3) is 0 Å². The van der Waals surface area contributed by atoms with Crippen molar-refractivity contribution < 1.29 is 9.47 Å². The van der Waals surface area contributed by atoms with E-state index in [0.29, 0.717) is 34.7 Å². The highest BCUT2D eigenvalue weighted by Gasteiger charge is 2.39. The topological polar surface area (TPSA) is 70.0 Å². The highest BCUT2D eigenvalue weighted by molar-refractivity contribution is 5.89. The van der Waals surface area contributed by atoms with Crippen molar-refractivity contribution in [2.24, 2.45) is 0 Å². The number of rotatable bonds is 5. The molecular formula is C47H32N4O2. The van der Waals surface area contributed by atoms with E-state index < -0.39 is 0 Å². The molecule has 6 aromatic carbocycles. The van der Waals surface area contributed by atoms with E-state index in [9.17, 15) is 0 Å². The molecule has 6 nitrogen and oxygen atoms in total. The van der Waals surface area contributed by atoms with Crippen molar-refractivity contribution >= 4 is 0 Å². The molecule has 0 N–H and O–H groups in total. The quantitative estimate of drug-likeness (QED) is 0.180. The van der Waals surface area contributed by atoms with Crippen LogP contribution >= 0.6 is 0 Å². The van der Waals surface area contributed by atoms with Crippen molar-refractivity contribution in [2.45, 2.75) is 19.3 Å². The molecule has 0 atom stereocenters. The summed E-state index contributed by atoms with van der Waals surface area (Å²) >= 11 is 0. The van der Waals surface area contributed by atoms with E-state index in [2.05, 4.69) is 73.4 Å². The van der Waals surface area contributed by atoms with Crippen molar-refractivity contribution in [3.8, 4) is 90.7 Å². The van der Waals surface area contributed by atoms with Gasteiger partial charge in [0.2, 0.25) is 0 Å². The van der Waals surface area contributed by atoms with Crippen LogP contribution in [-0.2, 0) is 5.41 Å². The van der Waals surface area contributed by atoms with E-state index in [1.807, 2.05) is 97.1 Å². The fraction of sp³-hybridized carbons (Fsp3) is 0.0638. The van der Waals surface area contributed by atoms with Crippen LogP contribution in [0.3, 0.4) is 0 Å². The smallest absolute Gasteiger partial charge is 0.178 e. The second kappa shape index (κ2) is 12.1. The number of pyridine rings is 1. The zero-order chi connectivity index (χ0) is 35.5. The van der Waals surface area contributed by atoms with Gasteiger partial charge in [0.15, 0.2) is 40.5 Å². The first-order chi connectivity index (χ1) is 26.0. The second-order valence-electron chi connectivity index (χ2n) is 13.9. The average Bonchev–Trinajstić information content (AvgIpc) is 3.46. The molecule has 2 aromatic heterocycles. The number of fused-ring (bicyclic) bond motifs is 6. The third kappa shape index (κ3) is 5.18. The van der Waals surface area contributed by atoms with Crippen LogP contribution in [0.1, 0.15) is 25.0 Å². The van der Waals surface area contributed by atoms with Crippen molar-refractivity contribution in [3.63, 3.8) is 0 Å². The highest BCUT2D eigenvalue weighted by atomic mass is 16.6. The molecule has 1 aliphatic carbocycles. The maximum absolute atomic E-state index is 6.93. The molecule has 0 fully saturated rings. The van der Waals surface area contributed by atoms with Gasteiger partial charge < -0.3 is 9.47 Å². The van der Waals surface area contributed by atoms with Crippen LogP contribution in [0.15, 0.2) is 158 Å². The Balaban J connectivity index is 1.08. The van der Waals surface area contributed by atoms with Gasteiger partial charge in [0, 0.05) is 45.0 Å². The molecule has 0 spiro atoms. The SMILES string of the molecule is CC1(C)c2ccccc2-c2c1ccc1c2Oc2c(cccc2-c2cccc(-c3nc(-c4ccccc4)nc(-c4cccc(-c5ccccn5)c4)n3)c2)O1. The maximum Gasteiger partial charge on any atom is 0.178 e. The molecule has 2 aliphatic rings. The molecule has 0 amide bonds. The van der Waals surface area contributed by atoms with Crippen LogP contribution in [0.5, 0.6) is 23.0 Å². The standard InChI is InChI=1S/C47H32N4O2/c1-47(2)36-21-7-6-19-35(36)41-37(47)24-25-40-43(41)53-42-34(20-12-23-39(42)52-40)30-15-10-17-32(27-30)45-49-44(29-13-4-3-5-14-29)50-46(51-45)33-18-11-16-31(28-33)38-22-8-9-26-48-38/h3-28H,1-2H3. The number of aromatic nitrogens is 4. The maximum atomic E-state index is 6.93. The lowest BCUT2D eigenvalue weighted by Gasteiger charge is -2.26. The molecule has 10 rings (SSSR count). The summed E-state index contributed by atoms with van der Waals surface area (Å²) in [7, 11) is 0. The number of hydrogen-bond acceptors (Lipinski definition) is 6. The second-order valence-corrected chi connectivity index (χ2v) is 13.9.